The van der Waals surface area contributed by atoms with Gasteiger partial charge in [0.1, 0.15) is 0 Å². The molecule has 5 nitrogen and oxygen atoms in total. The van der Waals surface area contributed by atoms with Crippen molar-refractivity contribution < 1.29 is 13.2 Å². The van der Waals surface area contributed by atoms with Gasteiger partial charge in [-0.1, -0.05) is 25.5 Å². The van der Waals surface area contributed by atoms with E-state index in [-0.39, 0.29) is 10.8 Å². The summed E-state index contributed by atoms with van der Waals surface area (Å²) in [6.07, 6.45) is 1.87. The minimum Gasteiger partial charge on any atom is -0.352 e. The van der Waals surface area contributed by atoms with E-state index in [1.165, 1.54) is 12.1 Å². The first kappa shape index (κ1) is 19.0. The summed E-state index contributed by atoms with van der Waals surface area (Å²) in [5, 5.41) is 2.79. The van der Waals surface area contributed by atoms with Crippen LogP contribution < -0.4 is 10.0 Å². The zero-order valence-corrected chi connectivity index (χ0v) is 15.6. The first-order valence-electron chi connectivity index (χ1n) is 8.31. The molecule has 0 aliphatic rings. The number of unbranched alkanes of at least 4 members (excludes halogenated alkanes) is 1. The topological polar surface area (TPSA) is 75.3 Å². The molecule has 0 aromatic heterocycles. The van der Waals surface area contributed by atoms with Crippen LogP contribution in [0, 0.1) is 13.8 Å². The fourth-order valence-corrected chi connectivity index (χ4v) is 3.62. The maximum Gasteiger partial charge on any atom is 0.261 e. The van der Waals surface area contributed by atoms with E-state index >= 15 is 0 Å². The highest BCUT2D eigenvalue weighted by Gasteiger charge is 2.16. The predicted molar refractivity (Wildman–Crippen MR) is 100 cm³/mol. The third kappa shape index (κ3) is 5.32. The zero-order valence-electron chi connectivity index (χ0n) is 14.8. The van der Waals surface area contributed by atoms with Crippen molar-refractivity contribution in [1.29, 1.82) is 0 Å². The van der Waals surface area contributed by atoms with Crippen molar-refractivity contribution in [2.45, 2.75) is 38.5 Å². The summed E-state index contributed by atoms with van der Waals surface area (Å²) in [4.78, 5) is 12.2. The Bertz CT molecular complexity index is 840. The molecule has 0 unspecified atom stereocenters. The number of aryl methyl sites for hydroxylation is 2. The summed E-state index contributed by atoms with van der Waals surface area (Å²) in [6, 6.07) is 11.6. The molecular formula is C19H24N2O3S. The second kappa shape index (κ2) is 8.16. The van der Waals surface area contributed by atoms with Gasteiger partial charge in [-0.15, -0.1) is 0 Å². The molecule has 0 radical (unpaired) electrons. The molecule has 0 saturated heterocycles. The Balaban J connectivity index is 2.21. The average Bonchev–Trinajstić information content (AvgIpc) is 2.53. The number of benzene rings is 2. The number of hydrogen-bond acceptors (Lipinski definition) is 3. The molecule has 0 heterocycles. The van der Waals surface area contributed by atoms with E-state index in [2.05, 4.69) is 10.0 Å². The van der Waals surface area contributed by atoms with E-state index < -0.39 is 10.0 Å². The molecule has 6 heteroatoms. The van der Waals surface area contributed by atoms with Crippen LogP contribution in [0.4, 0.5) is 5.69 Å². The standard InChI is InChI=1S/C19H24N2O3S/c1-4-5-9-20-19(22)16-7-6-8-18(13-16)25(23,24)21-17-11-14(2)10-15(3)12-17/h6-8,10-13,21H,4-5,9H2,1-3H3,(H,20,22). The van der Waals surface area contributed by atoms with Gasteiger partial charge in [-0.3, -0.25) is 9.52 Å². The van der Waals surface area contributed by atoms with Crippen LogP contribution in [-0.4, -0.2) is 20.9 Å². The number of carbonyl (C=O) groups is 1. The van der Waals surface area contributed by atoms with Gasteiger partial charge in [-0.05, 0) is 61.7 Å². The highest BCUT2D eigenvalue weighted by Crippen LogP contribution is 2.19. The largest absolute Gasteiger partial charge is 0.352 e. The fraction of sp³-hybridized carbons (Fsp3) is 0.316. The van der Waals surface area contributed by atoms with E-state index in [0.29, 0.717) is 17.8 Å². The summed E-state index contributed by atoms with van der Waals surface area (Å²) in [5.74, 6) is -0.267. The van der Waals surface area contributed by atoms with Crippen LogP contribution in [0.2, 0.25) is 0 Å². The van der Waals surface area contributed by atoms with Gasteiger partial charge in [0.15, 0.2) is 0 Å². The predicted octanol–water partition coefficient (Wildman–Crippen LogP) is 3.63. The maximum atomic E-state index is 12.6. The lowest BCUT2D eigenvalue weighted by molar-refractivity contribution is 0.0953. The first-order valence-corrected chi connectivity index (χ1v) is 9.79. The Morgan fingerprint density at radius 3 is 2.36 bits per heavy atom. The van der Waals surface area contributed by atoms with Crippen LogP contribution >= 0.6 is 0 Å². The second-order valence-corrected chi connectivity index (χ2v) is 7.80. The third-order valence-corrected chi connectivity index (χ3v) is 5.08. The lowest BCUT2D eigenvalue weighted by atomic mass is 10.1. The maximum absolute atomic E-state index is 12.6. The lowest BCUT2D eigenvalue weighted by Gasteiger charge is -2.11. The Morgan fingerprint density at radius 1 is 1.04 bits per heavy atom. The van der Waals surface area contributed by atoms with Crippen molar-refractivity contribution in [3.63, 3.8) is 0 Å². The van der Waals surface area contributed by atoms with Crippen LogP contribution in [0.5, 0.6) is 0 Å². The number of amides is 1. The molecule has 0 atom stereocenters. The quantitative estimate of drug-likeness (QED) is 0.740. The molecule has 2 aromatic rings. The van der Waals surface area contributed by atoms with Gasteiger partial charge in [0.25, 0.3) is 15.9 Å². The molecule has 0 bridgehead atoms. The number of sulfonamides is 1. The minimum absolute atomic E-state index is 0.0646. The molecule has 134 valence electrons. The van der Waals surface area contributed by atoms with Gasteiger partial charge in [-0.25, -0.2) is 8.42 Å². The van der Waals surface area contributed by atoms with Crippen molar-refractivity contribution >= 4 is 21.6 Å². The summed E-state index contributed by atoms with van der Waals surface area (Å²) in [5.41, 5.74) is 2.79. The molecule has 0 aliphatic carbocycles. The number of nitrogens with one attached hydrogen (secondary N) is 2. The van der Waals surface area contributed by atoms with Gasteiger partial charge in [-0.2, -0.15) is 0 Å². The Kier molecular flexibility index (Phi) is 6.20. The van der Waals surface area contributed by atoms with Crippen molar-refractivity contribution in [2.24, 2.45) is 0 Å². The Labute approximate surface area is 149 Å². The van der Waals surface area contributed by atoms with E-state index in [1.807, 2.05) is 26.8 Å². The van der Waals surface area contributed by atoms with Gasteiger partial charge in [0.05, 0.1) is 4.90 Å². The average molecular weight is 360 g/mol. The van der Waals surface area contributed by atoms with E-state index in [9.17, 15) is 13.2 Å². The van der Waals surface area contributed by atoms with Crippen LogP contribution in [0.3, 0.4) is 0 Å². The zero-order chi connectivity index (χ0) is 18.4. The summed E-state index contributed by atoms with van der Waals surface area (Å²) < 4.78 is 27.8. The molecular weight excluding hydrogens is 336 g/mol. The molecule has 1 amide bonds. The van der Waals surface area contributed by atoms with Crippen molar-refractivity contribution in [2.75, 3.05) is 11.3 Å². The molecule has 0 fully saturated rings. The van der Waals surface area contributed by atoms with Gasteiger partial charge in [0, 0.05) is 17.8 Å². The molecule has 0 spiro atoms. The normalized spacial score (nSPS) is 11.2. The van der Waals surface area contributed by atoms with Gasteiger partial charge < -0.3 is 5.32 Å². The molecule has 2 N–H and O–H groups in total. The van der Waals surface area contributed by atoms with Gasteiger partial charge >= 0.3 is 0 Å². The first-order chi connectivity index (χ1) is 11.8. The molecule has 0 aliphatic heterocycles. The van der Waals surface area contributed by atoms with Gasteiger partial charge in [0.2, 0.25) is 0 Å². The SMILES string of the molecule is CCCCNC(=O)c1cccc(S(=O)(=O)Nc2cc(C)cc(C)c2)c1. The minimum atomic E-state index is -3.76. The molecule has 2 rings (SSSR count). The van der Waals surface area contributed by atoms with Crippen LogP contribution in [0.15, 0.2) is 47.4 Å². The second-order valence-electron chi connectivity index (χ2n) is 6.12. The smallest absolute Gasteiger partial charge is 0.261 e. The highest BCUT2D eigenvalue weighted by molar-refractivity contribution is 7.92. The van der Waals surface area contributed by atoms with E-state index in [0.717, 1.165) is 24.0 Å². The summed E-state index contributed by atoms with van der Waals surface area (Å²) in [6.45, 7) is 6.43. The van der Waals surface area contributed by atoms with Crippen molar-refractivity contribution in [1.82, 2.24) is 5.32 Å². The van der Waals surface area contributed by atoms with Crippen molar-refractivity contribution in [3.8, 4) is 0 Å². The lowest BCUT2D eigenvalue weighted by Crippen LogP contribution is -2.24. The molecule has 0 saturated carbocycles. The van der Waals surface area contributed by atoms with Crippen LogP contribution in [0.25, 0.3) is 0 Å². The molecule has 25 heavy (non-hydrogen) atoms. The number of hydrogen-bond donors (Lipinski definition) is 2. The Morgan fingerprint density at radius 2 is 1.72 bits per heavy atom. The number of anilines is 1. The third-order valence-electron chi connectivity index (χ3n) is 3.70. The van der Waals surface area contributed by atoms with Crippen LogP contribution in [-0.2, 0) is 10.0 Å². The van der Waals surface area contributed by atoms with Crippen molar-refractivity contribution in [3.05, 3.63) is 59.2 Å². The number of carbonyl (C=O) groups excluding carboxylic acids is 1. The van der Waals surface area contributed by atoms with E-state index in [4.69, 9.17) is 0 Å². The van der Waals surface area contributed by atoms with E-state index in [1.54, 1.807) is 24.3 Å². The monoisotopic (exact) mass is 360 g/mol. The highest BCUT2D eigenvalue weighted by atomic mass is 32.2. The molecule has 2 aromatic carbocycles. The number of rotatable bonds is 7. The summed E-state index contributed by atoms with van der Waals surface area (Å²) in [7, 11) is -3.76. The van der Waals surface area contributed by atoms with Crippen LogP contribution in [0.1, 0.15) is 41.3 Å². The summed E-state index contributed by atoms with van der Waals surface area (Å²) >= 11 is 0. The Hall–Kier alpha value is -2.34. The fourth-order valence-electron chi connectivity index (χ4n) is 2.53.